The molecule has 1 heteroatoms. The molecule has 1 nitrogen and oxygen atoms in total. The first-order chi connectivity index (χ1) is 12.8. The van der Waals surface area contributed by atoms with E-state index >= 15 is 0 Å². The van der Waals surface area contributed by atoms with Crippen molar-refractivity contribution in [2.75, 3.05) is 0 Å². The molecule has 0 spiro atoms. The number of hydrogen-bond donors (Lipinski definition) is 1. The molecule has 0 fully saturated rings. The van der Waals surface area contributed by atoms with Gasteiger partial charge in [-0.15, -0.1) is 0 Å². The summed E-state index contributed by atoms with van der Waals surface area (Å²) in [5.74, 6) is 0. The van der Waals surface area contributed by atoms with Gasteiger partial charge in [-0.2, -0.15) is 0 Å². The van der Waals surface area contributed by atoms with Gasteiger partial charge in [0, 0.05) is 5.56 Å². The van der Waals surface area contributed by atoms with Gasteiger partial charge in [-0.25, -0.2) is 0 Å². The van der Waals surface area contributed by atoms with E-state index in [0.717, 1.165) is 43.4 Å². The van der Waals surface area contributed by atoms with Gasteiger partial charge < -0.3 is 5.11 Å². The fraction of sp³-hybridized carbons (Fsp3) is 0.0400. The van der Waals surface area contributed by atoms with Gasteiger partial charge in [-0.05, 0) is 43.9 Å². The van der Waals surface area contributed by atoms with Gasteiger partial charge in [0.05, 0.1) is 0 Å². The van der Waals surface area contributed by atoms with Crippen molar-refractivity contribution in [3.63, 3.8) is 0 Å². The van der Waals surface area contributed by atoms with Crippen LogP contribution in [-0.2, 0) is 0 Å². The van der Waals surface area contributed by atoms with Gasteiger partial charge in [0.25, 0.3) is 0 Å². The average molecular weight is 334 g/mol. The predicted octanol–water partition coefficient (Wildman–Crippen LogP) is 6.23. The highest BCUT2D eigenvalue weighted by molar-refractivity contribution is 6.03. The lowest BCUT2D eigenvalue weighted by molar-refractivity contribution is 0.225. The van der Waals surface area contributed by atoms with E-state index < -0.39 is 6.10 Å². The summed E-state index contributed by atoms with van der Waals surface area (Å²) in [4.78, 5) is 0. The molecule has 26 heavy (non-hydrogen) atoms. The second-order valence-electron chi connectivity index (χ2n) is 6.70. The zero-order chi connectivity index (χ0) is 17.5. The Kier molecular flexibility index (Phi) is 3.48. The smallest absolute Gasteiger partial charge is 0.106 e. The molecule has 0 saturated heterocycles. The summed E-state index contributed by atoms with van der Waals surface area (Å²) in [5, 5.41) is 18.2. The van der Waals surface area contributed by atoms with E-state index in [2.05, 4.69) is 48.5 Å². The molecule has 0 radical (unpaired) electrons. The van der Waals surface area contributed by atoms with Crippen LogP contribution < -0.4 is 0 Å². The molecule has 0 heterocycles. The van der Waals surface area contributed by atoms with E-state index in [-0.39, 0.29) is 0 Å². The lowest BCUT2D eigenvalue weighted by atomic mass is 9.89. The topological polar surface area (TPSA) is 20.2 Å². The van der Waals surface area contributed by atoms with Crippen LogP contribution in [0.2, 0.25) is 0 Å². The molecular formula is C25H18O. The van der Waals surface area contributed by atoms with Crippen molar-refractivity contribution >= 4 is 32.3 Å². The maximum Gasteiger partial charge on any atom is 0.106 e. The number of benzene rings is 5. The van der Waals surface area contributed by atoms with Crippen molar-refractivity contribution < 1.29 is 5.11 Å². The van der Waals surface area contributed by atoms with Crippen LogP contribution in [0.25, 0.3) is 32.3 Å². The van der Waals surface area contributed by atoms with Crippen molar-refractivity contribution in [3.8, 4) is 0 Å². The van der Waals surface area contributed by atoms with Gasteiger partial charge >= 0.3 is 0 Å². The van der Waals surface area contributed by atoms with Gasteiger partial charge in [0.2, 0.25) is 0 Å². The summed E-state index contributed by atoms with van der Waals surface area (Å²) >= 11 is 0. The molecule has 1 N–H and O–H groups in total. The van der Waals surface area contributed by atoms with Crippen molar-refractivity contribution in [2.45, 2.75) is 6.10 Å². The van der Waals surface area contributed by atoms with Crippen LogP contribution in [0.15, 0.2) is 97.1 Å². The number of fused-ring (bicyclic) bond motifs is 3. The molecule has 0 aliphatic rings. The fourth-order valence-corrected chi connectivity index (χ4v) is 3.99. The maximum atomic E-state index is 11.5. The van der Waals surface area contributed by atoms with Crippen molar-refractivity contribution in [1.82, 2.24) is 0 Å². The van der Waals surface area contributed by atoms with E-state index in [0.29, 0.717) is 0 Å². The Morgan fingerprint density at radius 3 is 1.65 bits per heavy atom. The molecule has 5 rings (SSSR count). The minimum Gasteiger partial charge on any atom is -0.384 e. The Morgan fingerprint density at radius 2 is 1.00 bits per heavy atom. The summed E-state index contributed by atoms with van der Waals surface area (Å²) < 4.78 is 0. The number of rotatable bonds is 2. The molecule has 5 aromatic rings. The summed E-state index contributed by atoms with van der Waals surface area (Å²) in [5.41, 5.74) is 1.93. The lowest BCUT2D eigenvalue weighted by Crippen LogP contribution is -2.03. The van der Waals surface area contributed by atoms with Crippen LogP contribution in [0.3, 0.4) is 0 Å². The highest BCUT2D eigenvalue weighted by Gasteiger charge is 2.19. The van der Waals surface area contributed by atoms with Crippen LogP contribution >= 0.6 is 0 Å². The standard InChI is InChI=1S/C25H18O/c26-25(23-15-7-11-17-8-1-4-12-20(17)23)24-21-13-5-2-9-18(21)16-19-10-3-6-14-22(19)24/h1-16,25-26H/t25-/m1/s1. The average Bonchev–Trinajstić information content (AvgIpc) is 2.71. The number of hydrogen-bond acceptors (Lipinski definition) is 1. The third kappa shape index (κ3) is 2.29. The number of aliphatic hydroxyl groups is 1. The van der Waals surface area contributed by atoms with Crippen LogP contribution in [0, 0.1) is 0 Å². The monoisotopic (exact) mass is 334 g/mol. The Hall–Kier alpha value is -3.16. The summed E-state index contributed by atoms with van der Waals surface area (Å²) in [7, 11) is 0. The van der Waals surface area contributed by atoms with E-state index in [1.807, 2.05) is 48.5 Å². The first-order valence-electron chi connectivity index (χ1n) is 8.89. The Balaban J connectivity index is 1.87. The third-order valence-electron chi connectivity index (χ3n) is 5.20. The second-order valence-corrected chi connectivity index (χ2v) is 6.70. The van der Waals surface area contributed by atoms with Crippen molar-refractivity contribution in [3.05, 3.63) is 108 Å². The van der Waals surface area contributed by atoms with E-state index in [9.17, 15) is 5.11 Å². The van der Waals surface area contributed by atoms with Crippen LogP contribution in [0.4, 0.5) is 0 Å². The molecular weight excluding hydrogens is 316 g/mol. The summed E-state index contributed by atoms with van der Waals surface area (Å²) in [6, 6.07) is 33.2. The molecule has 124 valence electrons. The molecule has 1 atom stereocenters. The first-order valence-corrected chi connectivity index (χ1v) is 8.89. The Bertz CT molecular complexity index is 1190. The highest BCUT2D eigenvalue weighted by Crippen LogP contribution is 2.37. The summed E-state index contributed by atoms with van der Waals surface area (Å²) in [6.45, 7) is 0. The zero-order valence-electron chi connectivity index (χ0n) is 14.3. The zero-order valence-corrected chi connectivity index (χ0v) is 14.3. The minimum atomic E-state index is -0.683. The predicted molar refractivity (Wildman–Crippen MR) is 109 cm³/mol. The molecule has 0 amide bonds. The largest absolute Gasteiger partial charge is 0.384 e. The SMILES string of the molecule is O[C@H](c1cccc2ccccc12)c1c2ccccc2cc2ccccc12. The molecule has 0 unspecified atom stereocenters. The van der Waals surface area contributed by atoms with Crippen LogP contribution in [0.5, 0.6) is 0 Å². The molecule has 0 saturated carbocycles. The summed E-state index contributed by atoms with van der Waals surface area (Å²) in [6.07, 6.45) is -0.683. The first kappa shape index (κ1) is 15.1. The molecule has 0 aliphatic heterocycles. The Labute approximate surface area is 152 Å². The van der Waals surface area contributed by atoms with Crippen molar-refractivity contribution in [1.29, 1.82) is 0 Å². The molecule has 5 aromatic carbocycles. The van der Waals surface area contributed by atoms with Gasteiger partial charge in [0.15, 0.2) is 0 Å². The van der Waals surface area contributed by atoms with Gasteiger partial charge in [-0.1, -0.05) is 91.0 Å². The van der Waals surface area contributed by atoms with Gasteiger partial charge in [-0.3, -0.25) is 0 Å². The van der Waals surface area contributed by atoms with Crippen LogP contribution in [-0.4, -0.2) is 5.11 Å². The maximum absolute atomic E-state index is 11.5. The molecule has 0 aliphatic carbocycles. The number of aliphatic hydroxyl groups excluding tert-OH is 1. The molecule has 0 bridgehead atoms. The van der Waals surface area contributed by atoms with E-state index in [1.54, 1.807) is 0 Å². The van der Waals surface area contributed by atoms with E-state index in [4.69, 9.17) is 0 Å². The van der Waals surface area contributed by atoms with Crippen molar-refractivity contribution in [2.24, 2.45) is 0 Å². The quantitative estimate of drug-likeness (QED) is 0.379. The van der Waals surface area contributed by atoms with E-state index in [1.165, 1.54) is 0 Å². The molecule has 0 aromatic heterocycles. The minimum absolute atomic E-state index is 0.683. The van der Waals surface area contributed by atoms with Crippen LogP contribution in [0.1, 0.15) is 17.2 Å². The lowest BCUT2D eigenvalue weighted by Gasteiger charge is -2.19. The third-order valence-corrected chi connectivity index (χ3v) is 5.20. The Morgan fingerprint density at radius 1 is 0.500 bits per heavy atom. The van der Waals surface area contributed by atoms with Gasteiger partial charge in [0.1, 0.15) is 6.10 Å². The highest BCUT2D eigenvalue weighted by atomic mass is 16.3. The second kappa shape index (κ2) is 5.98. The fourth-order valence-electron chi connectivity index (χ4n) is 3.99. The normalized spacial score (nSPS) is 12.7.